The van der Waals surface area contributed by atoms with Crippen molar-refractivity contribution in [3.05, 3.63) is 34.3 Å². The number of H-pyrrole nitrogens is 1. The van der Waals surface area contributed by atoms with Gasteiger partial charge in [0.25, 0.3) is 11.9 Å². The van der Waals surface area contributed by atoms with E-state index in [1.807, 2.05) is 6.07 Å². The summed E-state index contributed by atoms with van der Waals surface area (Å²) in [5.74, 6) is -0.127. The van der Waals surface area contributed by atoms with Crippen LogP contribution >= 0.6 is 15.9 Å². The second-order valence-corrected chi connectivity index (χ2v) is 3.62. The van der Waals surface area contributed by atoms with Crippen molar-refractivity contribution in [2.24, 2.45) is 0 Å². The summed E-state index contributed by atoms with van der Waals surface area (Å²) in [6, 6.07) is 7.01. The SMILES string of the molecule is O=C(Nc1nn[nH]n1)c1cccc(Br)c1. The van der Waals surface area contributed by atoms with Crippen molar-refractivity contribution < 1.29 is 4.79 Å². The van der Waals surface area contributed by atoms with Crippen LogP contribution < -0.4 is 5.32 Å². The number of benzene rings is 1. The molecule has 0 bridgehead atoms. The van der Waals surface area contributed by atoms with Gasteiger partial charge in [-0.05, 0) is 23.4 Å². The number of tetrazole rings is 1. The van der Waals surface area contributed by atoms with Crippen molar-refractivity contribution in [1.29, 1.82) is 0 Å². The molecule has 0 fully saturated rings. The van der Waals surface area contributed by atoms with Crippen LogP contribution in [0.25, 0.3) is 0 Å². The molecule has 0 atom stereocenters. The van der Waals surface area contributed by atoms with Crippen molar-refractivity contribution in [2.45, 2.75) is 0 Å². The zero-order chi connectivity index (χ0) is 10.7. The Bertz CT molecular complexity index is 470. The van der Waals surface area contributed by atoms with Gasteiger partial charge in [0.2, 0.25) is 0 Å². The standard InChI is InChI=1S/C8H6BrN5O/c9-6-3-1-2-5(4-6)7(15)10-8-11-13-14-12-8/h1-4H,(H2,10,11,12,13,14,15). The molecular formula is C8H6BrN5O. The van der Waals surface area contributed by atoms with E-state index in [-0.39, 0.29) is 11.9 Å². The van der Waals surface area contributed by atoms with Gasteiger partial charge in [0.15, 0.2) is 0 Å². The van der Waals surface area contributed by atoms with Crippen LogP contribution in [0.1, 0.15) is 10.4 Å². The number of carbonyl (C=O) groups excluding carboxylic acids is 1. The minimum atomic E-state index is -0.280. The van der Waals surface area contributed by atoms with Crippen LogP contribution in [-0.2, 0) is 0 Å². The smallest absolute Gasteiger partial charge is 0.270 e. The van der Waals surface area contributed by atoms with Gasteiger partial charge in [0, 0.05) is 10.0 Å². The largest absolute Gasteiger partial charge is 0.288 e. The van der Waals surface area contributed by atoms with Crippen LogP contribution in [0, 0.1) is 0 Å². The molecule has 1 aromatic carbocycles. The van der Waals surface area contributed by atoms with E-state index >= 15 is 0 Å². The molecule has 0 saturated heterocycles. The van der Waals surface area contributed by atoms with Crippen LogP contribution in [0.15, 0.2) is 28.7 Å². The number of rotatable bonds is 2. The fraction of sp³-hybridized carbons (Fsp3) is 0. The van der Waals surface area contributed by atoms with Gasteiger partial charge < -0.3 is 0 Å². The Morgan fingerprint density at radius 3 is 3.00 bits per heavy atom. The van der Waals surface area contributed by atoms with Crippen molar-refractivity contribution in [2.75, 3.05) is 5.32 Å². The van der Waals surface area contributed by atoms with E-state index in [2.05, 4.69) is 41.9 Å². The summed E-state index contributed by atoms with van der Waals surface area (Å²) >= 11 is 3.28. The molecule has 0 aliphatic heterocycles. The lowest BCUT2D eigenvalue weighted by Crippen LogP contribution is -2.12. The maximum Gasteiger partial charge on any atom is 0.270 e. The summed E-state index contributed by atoms with van der Waals surface area (Å²) in [5, 5.41) is 15.3. The average Bonchev–Trinajstić information content (AvgIpc) is 2.70. The molecule has 0 aliphatic carbocycles. The molecule has 0 aliphatic rings. The summed E-state index contributed by atoms with van der Waals surface area (Å²) < 4.78 is 0.836. The number of aromatic nitrogens is 4. The number of carbonyl (C=O) groups is 1. The van der Waals surface area contributed by atoms with Crippen LogP contribution in [0.4, 0.5) is 5.95 Å². The third-order valence-electron chi connectivity index (χ3n) is 1.66. The lowest BCUT2D eigenvalue weighted by molar-refractivity contribution is 0.102. The molecule has 0 radical (unpaired) electrons. The lowest BCUT2D eigenvalue weighted by atomic mass is 10.2. The topological polar surface area (TPSA) is 83.6 Å². The highest BCUT2D eigenvalue weighted by molar-refractivity contribution is 9.10. The molecule has 1 heterocycles. The molecule has 6 nitrogen and oxygen atoms in total. The maximum absolute atomic E-state index is 11.6. The Hall–Kier alpha value is -1.76. The van der Waals surface area contributed by atoms with E-state index in [0.29, 0.717) is 5.56 Å². The van der Waals surface area contributed by atoms with Gasteiger partial charge in [-0.1, -0.05) is 27.1 Å². The number of halogens is 1. The van der Waals surface area contributed by atoms with Crippen molar-refractivity contribution in [3.63, 3.8) is 0 Å². The van der Waals surface area contributed by atoms with Gasteiger partial charge in [-0.25, -0.2) is 0 Å². The van der Waals surface area contributed by atoms with E-state index in [1.54, 1.807) is 18.2 Å². The highest BCUT2D eigenvalue weighted by atomic mass is 79.9. The first-order valence-corrected chi connectivity index (χ1v) is 4.85. The van der Waals surface area contributed by atoms with E-state index in [9.17, 15) is 4.79 Å². The summed E-state index contributed by atoms with van der Waals surface area (Å²) in [7, 11) is 0. The number of hydrogen-bond donors (Lipinski definition) is 2. The molecule has 2 aromatic rings. The molecule has 1 amide bonds. The normalized spacial score (nSPS) is 9.93. The van der Waals surface area contributed by atoms with E-state index < -0.39 is 0 Å². The average molecular weight is 268 g/mol. The molecule has 2 N–H and O–H groups in total. The fourth-order valence-electron chi connectivity index (χ4n) is 1.02. The molecule has 0 saturated carbocycles. The van der Waals surface area contributed by atoms with Crippen molar-refractivity contribution >= 4 is 27.8 Å². The summed E-state index contributed by atoms with van der Waals surface area (Å²) in [4.78, 5) is 11.6. The molecule has 76 valence electrons. The number of amides is 1. The third-order valence-corrected chi connectivity index (χ3v) is 2.15. The summed E-state index contributed by atoms with van der Waals surface area (Å²) in [6.07, 6.45) is 0. The molecule has 7 heteroatoms. The van der Waals surface area contributed by atoms with Gasteiger partial charge in [-0.2, -0.15) is 5.21 Å². The van der Waals surface area contributed by atoms with Gasteiger partial charge in [-0.3, -0.25) is 10.1 Å². The molecule has 1 aromatic heterocycles. The Kier molecular flexibility index (Phi) is 2.72. The number of nitrogens with one attached hydrogen (secondary N) is 2. The van der Waals surface area contributed by atoms with Gasteiger partial charge >= 0.3 is 0 Å². The Labute approximate surface area is 93.2 Å². The van der Waals surface area contributed by atoms with E-state index in [1.165, 1.54) is 0 Å². The fourth-order valence-corrected chi connectivity index (χ4v) is 1.42. The van der Waals surface area contributed by atoms with Crippen LogP contribution in [0.2, 0.25) is 0 Å². The monoisotopic (exact) mass is 267 g/mol. The Balaban J connectivity index is 2.15. The summed E-state index contributed by atoms with van der Waals surface area (Å²) in [5.41, 5.74) is 0.522. The number of hydrogen-bond acceptors (Lipinski definition) is 4. The van der Waals surface area contributed by atoms with Crippen LogP contribution in [0.3, 0.4) is 0 Å². The van der Waals surface area contributed by atoms with Crippen molar-refractivity contribution in [3.8, 4) is 0 Å². The number of aromatic amines is 1. The first kappa shape index (κ1) is 9.78. The third kappa shape index (κ3) is 2.38. The van der Waals surface area contributed by atoms with Crippen LogP contribution in [-0.4, -0.2) is 26.5 Å². The molecule has 15 heavy (non-hydrogen) atoms. The number of anilines is 1. The first-order chi connectivity index (χ1) is 7.25. The number of nitrogens with zero attached hydrogens (tertiary/aromatic N) is 3. The zero-order valence-electron chi connectivity index (χ0n) is 7.44. The highest BCUT2D eigenvalue weighted by Gasteiger charge is 2.08. The predicted molar refractivity (Wildman–Crippen MR) is 56.3 cm³/mol. The predicted octanol–water partition coefficient (Wildman–Crippen LogP) is 1.21. The van der Waals surface area contributed by atoms with E-state index in [4.69, 9.17) is 0 Å². The van der Waals surface area contributed by atoms with Gasteiger partial charge in [-0.15, -0.1) is 5.10 Å². The van der Waals surface area contributed by atoms with Crippen molar-refractivity contribution in [1.82, 2.24) is 20.6 Å². The molecule has 0 spiro atoms. The minimum absolute atomic E-state index is 0.153. The second kappa shape index (κ2) is 4.18. The van der Waals surface area contributed by atoms with Gasteiger partial charge in [0.05, 0.1) is 0 Å². The first-order valence-electron chi connectivity index (χ1n) is 4.06. The van der Waals surface area contributed by atoms with Gasteiger partial charge in [0.1, 0.15) is 0 Å². The van der Waals surface area contributed by atoms with Crippen LogP contribution in [0.5, 0.6) is 0 Å². The zero-order valence-corrected chi connectivity index (χ0v) is 9.02. The molecule has 2 rings (SSSR count). The lowest BCUT2D eigenvalue weighted by Gasteiger charge is -2.00. The Morgan fingerprint density at radius 1 is 1.47 bits per heavy atom. The second-order valence-electron chi connectivity index (χ2n) is 2.70. The maximum atomic E-state index is 11.6. The Morgan fingerprint density at radius 2 is 2.33 bits per heavy atom. The minimum Gasteiger partial charge on any atom is -0.288 e. The highest BCUT2D eigenvalue weighted by Crippen LogP contribution is 2.12. The summed E-state index contributed by atoms with van der Waals surface area (Å²) in [6.45, 7) is 0. The molecule has 0 unspecified atom stereocenters. The molecular weight excluding hydrogens is 262 g/mol. The quantitative estimate of drug-likeness (QED) is 0.857. The van der Waals surface area contributed by atoms with E-state index in [0.717, 1.165) is 4.47 Å².